The molecule has 0 radical (unpaired) electrons. The van der Waals surface area contributed by atoms with Gasteiger partial charge in [-0.1, -0.05) is 12.1 Å². The Labute approximate surface area is 332 Å². The fourth-order valence-corrected chi connectivity index (χ4v) is 12.6. The van der Waals surface area contributed by atoms with Gasteiger partial charge in [0, 0.05) is 22.7 Å². The van der Waals surface area contributed by atoms with Gasteiger partial charge in [-0.2, -0.15) is 0 Å². The monoisotopic (exact) mass is 886 g/mol. The van der Waals surface area contributed by atoms with Crippen molar-refractivity contribution >= 4 is 73.4 Å². The first-order valence-corrected chi connectivity index (χ1v) is 26.2. The Kier molecular flexibility index (Phi) is 25.8. The maximum absolute atomic E-state index is 12.1. The number of carbonyl (C=O) groups is 4. The van der Waals surface area contributed by atoms with Crippen LogP contribution < -0.4 is 21.3 Å². The molecule has 4 amide bonds. The summed E-state index contributed by atoms with van der Waals surface area (Å²) in [5.74, 6) is 0. The number of amides is 4. The Morgan fingerprint density at radius 3 is 1.26 bits per heavy atom. The smallest absolute Gasteiger partial charge is 0.465 e. The first kappa shape index (κ1) is 46.7. The zero-order valence-electron chi connectivity index (χ0n) is 32.2. The van der Waals surface area contributed by atoms with Crippen molar-refractivity contribution in [2.24, 2.45) is 0 Å². The summed E-state index contributed by atoms with van der Waals surface area (Å²) in [7, 11) is 0. The van der Waals surface area contributed by atoms with Crippen LogP contribution in [0.2, 0.25) is 10.6 Å². The number of rotatable bonds is 29. The minimum Gasteiger partial charge on any atom is -0.465 e. The summed E-state index contributed by atoms with van der Waals surface area (Å²) in [5, 5.41) is 30.6. The van der Waals surface area contributed by atoms with E-state index in [9.17, 15) is 19.2 Å². The Bertz CT molecular complexity index is 1400. The third-order valence-electron chi connectivity index (χ3n) is 8.74. The summed E-state index contributed by atoms with van der Waals surface area (Å²) >= 11 is 1.72. The van der Waals surface area contributed by atoms with E-state index in [1.165, 1.54) is 87.7 Å². The second-order valence-electron chi connectivity index (χ2n) is 13.4. The molecule has 0 bridgehead atoms. The standard InChI is InChI=1S/C40H62N4O8Se2/c1-31-22-24-34(30-35(31)43-38(47)48)42-39(49)51-25-17-13-9-5-3-7-11-15-19-27-53-54-28-20-16-12-8-4-6-10-14-18-26-52-40(50)44-36-29-33(41-37(45)46)23-21-32(36)2/h21-24,29-30,41,43H,3-20,25-28H2,1-2H3,(H,42,49)(H,44,50)(H,45,46)(H,47,48). The van der Waals surface area contributed by atoms with Crippen LogP contribution in [0.4, 0.5) is 41.9 Å². The van der Waals surface area contributed by atoms with E-state index in [4.69, 9.17) is 19.7 Å². The molecule has 0 aliphatic heterocycles. The van der Waals surface area contributed by atoms with Gasteiger partial charge in [0.1, 0.15) is 0 Å². The number of aryl methyl sites for hydroxylation is 2. The number of carbonyl (C=O) groups excluding carboxylic acids is 2. The molecule has 0 aliphatic rings. The number of benzene rings is 2. The van der Waals surface area contributed by atoms with Gasteiger partial charge in [-0.25, -0.2) is 19.2 Å². The molecule has 2 rings (SSSR count). The van der Waals surface area contributed by atoms with Crippen LogP contribution in [-0.4, -0.2) is 74.1 Å². The van der Waals surface area contributed by atoms with Gasteiger partial charge in [0.15, 0.2) is 0 Å². The molecule has 0 aromatic heterocycles. The number of nitrogens with one attached hydrogen (secondary N) is 4. The molecule has 2 aromatic rings. The van der Waals surface area contributed by atoms with Crippen molar-refractivity contribution in [2.45, 2.75) is 140 Å². The van der Waals surface area contributed by atoms with Crippen molar-refractivity contribution in [3.8, 4) is 0 Å². The topological polar surface area (TPSA) is 175 Å². The predicted octanol–water partition coefficient (Wildman–Crippen LogP) is 11.5. The van der Waals surface area contributed by atoms with Crippen molar-refractivity contribution in [2.75, 3.05) is 34.5 Å². The van der Waals surface area contributed by atoms with Gasteiger partial charge in [0.25, 0.3) is 0 Å². The summed E-state index contributed by atoms with van der Waals surface area (Å²) in [5.41, 5.74) is 3.43. The fraction of sp³-hybridized carbons (Fsp3) is 0.600. The summed E-state index contributed by atoms with van der Waals surface area (Å²) in [4.78, 5) is 45.9. The fourth-order valence-electron chi connectivity index (χ4n) is 5.66. The van der Waals surface area contributed by atoms with Gasteiger partial charge in [-0.3, -0.25) is 21.3 Å². The number of carboxylic acid groups (broad SMARTS) is 2. The quantitative estimate of drug-likeness (QED) is 0.0346. The van der Waals surface area contributed by atoms with E-state index in [2.05, 4.69) is 21.3 Å². The molecule has 0 saturated heterocycles. The molecule has 14 heteroatoms. The van der Waals surface area contributed by atoms with Crippen LogP contribution in [0.3, 0.4) is 0 Å². The van der Waals surface area contributed by atoms with Crippen LogP contribution in [0.5, 0.6) is 0 Å². The Balaban J connectivity index is 1.26. The van der Waals surface area contributed by atoms with Gasteiger partial charge in [-0.15, -0.1) is 0 Å². The number of unbranched alkanes of at least 4 members (excludes halogenated alkanes) is 16. The minimum atomic E-state index is -1.15. The van der Waals surface area contributed by atoms with Crippen LogP contribution in [0, 0.1) is 13.8 Å². The molecule has 0 fully saturated rings. The number of anilines is 4. The predicted molar refractivity (Wildman–Crippen MR) is 220 cm³/mol. The van der Waals surface area contributed by atoms with Crippen LogP contribution in [0.25, 0.3) is 0 Å². The molecule has 12 nitrogen and oxygen atoms in total. The van der Waals surface area contributed by atoms with Crippen molar-refractivity contribution in [1.29, 1.82) is 0 Å². The van der Waals surface area contributed by atoms with Gasteiger partial charge < -0.3 is 10.2 Å². The Morgan fingerprint density at radius 2 is 0.833 bits per heavy atom. The molecule has 302 valence electrons. The second-order valence-corrected chi connectivity index (χ2v) is 21.3. The van der Waals surface area contributed by atoms with E-state index in [0.717, 1.165) is 75.9 Å². The van der Waals surface area contributed by atoms with Gasteiger partial charge in [0.05, 0.1) is 0 Å². The van der Waals surface area contributed by atoms with Crippen LogP contribution in [-0.2, 0) is 9.47 Å². The van der Waals surface area contributed by atoms with Gasteiger partial charge in [-0.05, 0) is 49.2 Å². The molecule has 0 heterocycles. The molecule has 0 atom stereocenters. The van der Waals surface area contributed by atoms with Crippen molar-refractivity contribution in [3.63, 3.8) is 0 Å². The number of hydrogen-bond donors (Lipinski definition) is 6. The molecule has 0 spiro atoms. The van der Waals surface area contributed by atoms with Gasteiger partial charge in [0.2, 0.25) is 0 Å². The molecule has 0 unspecified atom stereocenters. The summed E-state index contributed by atoms with van der Waals surface area (Å²) < 4.78 is 10.6. The maximum atomic E-state index is 12.1. The van der Waals surface area contributed by atoms with Crippen molar-refractivity contribution in [1.82, 2.24) is 0 Å². The van der Waals surface area contributed by atoms with E-state index in [1.54, 1.807) is 43.3 Å². The summed E-state index contributed by atoms with van der Waals surface area (Å²) in [6.45, 7) is 4.39. The van der Waals surface area contributed by atoms with Crippen molar-refractivity contribution < 1.29 is 38.9 Å². The first-order chi connectivity index (χ1) is 26.1. The van der Waals surface area contributed by atoms with Crippen LogP contribution >= 0.6 is 0 Å². The van der Waals surface area contributed by atoms with Crippen LogP contribution in [0.1, 0.15) is 127 Å². The normalized spacial score (nSPS) is 10.8. The molecule has 2 aromatic carbocycles. The zero-order chi connectivity index (χ0) is 39.2. The van der Waals surface area contributed by atoms with Gasteiger partial charge >= 0.3 is 200 Å². The average molecular weight is 885 g/mol. The van der Waals surface area contributed by atoms with Crippen molar-refractivity contribution in [3.05, 3.63) is 47.5 Å². The molecular weight excluding hydrogens is 822 g/mol. The molecule has 0 saturated carbocycles. The molecule has 54 heavy (non-hydrogen) atoms. The third kappa shape index (κ3) is 24.1. The minimum absolute atomic E-state index is 0.378. The number of ether oxygens (including phenoxy) is 2. The second kappa shape index (κ2) is 29.9. The first-order valence-electron chi connectivity index (χ1n) is 19.5. The van der Waals surface area contributed by atoms with Crippen LogP contribution in [0.15, 0.2) is 36.4 Å². The SMILES string of the molecule is Cc1ccc(NC(=O)OCCCCCCCCCCC[Se][Se]CCCCCCCCCCCOC(=O)Nc2cc(NC(=O)O)ccc2C)cc1NC(=O)O. The molecule has 0 aliphatic carbocycles. The number of hydrogen-bond acceptors (Lipinski definition) is 6. The van der Waals surface area contributed by atoms with E-state index < -0.39 is 24.4 Å². The zero-order valence-corrected chi connectivity index (χ0v) is 35.6. The summed E-state index contributed by atoms with van der Waals surface area (Å²) in [6.07, 6.45) is 18.6. The van der Waals surface area contributed by atoms with E-state index in [0.29, 0.717) is 36.0 Å². The Morgan fingerprint density at radius 1 is 0.481 bits per heavy atom. The van der Waals surface area contributed by atoms with E-state index in [-0.39, 0.29) is 0 Å². The third-order valence-corrected chi connectivity index (χ3v) is 16.5. The molecular formula is C40H62N4O8Se2. The molecule has 6 N–H and O–H groups in total. The Hall–Kier alpha value is -3.44. The average Bonchev–Trinajstić information content (AvgIpc) is 3.12. The summed E-state index contributed by atoms with van der Waals surface area (Å²) in [6, 6.07) is 10.00. The van der Waals surface area contributed by atoms with E-state index in [1.807, 2.05) is 6.92 Å². The van der Waals surface area contributed by atoms with E-state index >= 15 is 0 Å².